The molecule has 1 aromatic heterocycles. The Bertz CT molecular complexity index is 236. The van der Waals surface area contributed by atoms with E-state index >= 15 is 0 Å². The summed E-state index contributed by atoms with van der Waals surface area (Å²) in [6.07, 6.45) is 3.98. The van der Waals surface area contributed by atoms with Crippen molar-refractivity contribution in [1.82, 2.24) is 4.98 Å². The molecule has 0 bridgehead atoms. The molecule has 11 heavy (non-hydrogen) atoms. The first-order valence-corrected chi connectivity index (χ1v) is 3.71. The average molecular weight is 169 g/mol. The Balaban J connectivity index is 0.000000292. The highest BCUT2D eigenvalue weighted by Gasteiger charge is 1.97. The molecule has 60 valence electrons. The van der Waals surface area contributed by atoms with Crippen LogP contribution >= 0.6 is 0 Å². The number of hydrogen-bond acceptors (Lipinski definition) is 2. The number of hydrogen-bond donors (Lipinski definition) is 1. The van der Waals surface area contributed by atoms with Gasteiger partial charge in [-0.25, -0.2) is 14.8 Å². The summed E-state index contributed by atoms with van der Waals surface area (Å²) in [5.74, 6) is 1.22. The Morgan fingerprint density at radius 1 is 1.82 bits per heavy atom. The van der Waals surface area contributed by atoms with Gasteiger partial charge < -0.3 is 12.6 Å². The molecule has 0 saturated heterocycles. The first-order valence-electron chi connectivity index (χ1n) is 3.30. The van der Waals surface area contributed by atoms with Gasteiger partial charge in [-0.15, -0.1) is 0 Å². The lowest BCUT2D eigenvalue weighted by atomic mass is 10.6. The summed E-state index contributed by atoms with van der Waals surface area (Å²) in [7, 11) is 0. The van der Waals surface area contributed by atoms with Crippen molar-refractivity contribution in [3.8, 4) is 5.40 Å². The van der Waals surface area contributed by atoms with Crippen molar-refractivity contribution in [2.24, 2.45) is 0 Å². The second-order valence-electron chi connectivity index (χ2n) is 1.92. The van der Waals surface area contributed by atoms with Crippen molar-refractivity contribution in [2.75, 3.05) is 0 Å². The van der Waals surface area contributed by atoms with Gasteiger partial charge in [0.25, 0.3) is 5.82 Å². The number of aromatic amines is 1. The lowest BCUT2D eigenvalue weighted by Crippen LogP contribution is -2.32. The molecule has 0 unspecified atom stereocenters. The number of nitriles is 1. The van der Waals surface area contributed by atoms with E-state index < -0.39 is 0 Å². The molecular formula is C7H11N3S. The van der Waals surface area contributed by atoms with Crippen LogP contribution in [0.5, 0.6) is 0 Å². The van der Waals surface area contributed by atoms with E-state index in [0.717, 1.165) is 6.54 Å². The van der Waals surface area contributed by atoms with Crippen LogP contribution in [0.4, 0.5) is 0 Å². The minimum absolute atomic E-state index is 1.05. The molecule has 0 amide bonds. The van der Waals surface area contributed by atoms with Gasteiger partial charge in [-0.05, 0) is 6.92 Å². The van der Waals surface area contributed by atoms with Crippen LogP contribution in [0.2, 0.25) is 0 Å². The van der Waals surface area contributed by atoms with E-state index in [1.165, 1.54) is 11.2 Å². The summed E-state index contributed by atoms with van der Waals surface area (Å²) in [4.78, 5) is 3.08. The average Bonchev–Trinajstić information content (AvgIpc) is 2.36. The fourth-order valence-corrected chi connectivity index (χ4v) is 0.785. The topological polar surface area (TPSA) is 43.5 Å². The minimum atomic E-state index is 1.05. The van der Waals surface area contributed by atoms with E-state index in [0.29, 0.717) is 0 Å². The monoisotopic (exact) mass is 169 g/mol. The maximum Gasteiger partial charge on any atom is 0.250 e. The fraction of sp³-hybridized carbons (Fsp3) is 0.429. The summed E-state index contributed by atoms with van der Waals surface area (Å²) in [6, 6.07) is 0. The highest BCUT2D eigenvalue weighted by atomic mass is 32.1. The summed E-state index contributed by atoms with van der Waals surface area (Å²) >= 11 is 3.70. The third-order valence-corrected chi connectivity index (χ3v) is 1.32. The SMILES string of the molecule is CC[n+]1cc[nH]c1C.N#C[S-]. The van der Waals surface area contributed by atoms with Crippen molar-refractivity contribution in [3.63, 3.8) is 0 Å². The lowest BCUT2D eigenvalue weighted by molar-refractivity contribution is -0.698. The van der Waals surface area contributed by atoms with Crippen molar-refractivity contribution in [2.45, 2.75) is 20.4 Å². The number of rotatable bonds is 1. The van der Waals surface area contributed by atoms with Crippen LogP contribution in [0.25, 0.3) is 0 Å². The summed E-state index contributed by atoms with van der Waals surface area (Å²) in [6.45, 7) is 5.24. The number of thiocyanates is 1. The van der Waals surface area contributed by atoms with E-state index in [1.54, 1.807) is 0 Å². The first-order chi connectivity index (χ1) is 5.26. The summed E-state index contributed by atoms with van der Waals surface area (Å²) < 4.78 is 2.15. The second-order valence-corrected chi connectivity index (χ2v) is 2.11. The van der Waals surface area contributed by atoms with Crippen molar-refractivity contribution < 1.29 is 4.57 Å². The number of nitrogens with one attached hydrogen (secondary N) is 1. The number of aryl methyl sites for hydroxylation is 2. The zero-order valence-electron chi connectivity index (χ0n) is 6.66. The van der Waals surface area contributed by atoms with E-state index in [-0.39, 0.29) is 0 Å². The molecule has 0 radical (unpaired) electrons. The standard InChI is InChI=1S/C6H10N2.CHNS/c1-3-8-5-4-7-6(8)2;2-1-3/h4-5H,3H2,1-2H3;3H. The van der Waals surface area contributed by atoms with E-state index in [4.69, 9.17) is 5.26 Å². The van der Waals surface area contributed by atoms with Gasteiger partial charge in [-0.3, -0.25) is 0 Å². The van der Waals surface area contributed by atoms with Gasteiger partial charge in [-0.1, -0.05) is 5.40 Å². The normalized spacial score (nSPS) is 7.73. The Labute approximate surface area is 72.1 Å². The molecule has 0 saturated carbocycles. The number of imidazole rings is 1. The highest BCUT2D eigenvalue weighted by Crippen LogP contribution is 1.78. The van der Waals surface area contributed by atoms with Crippen LogP contribution in [0, 0.1) is 17.6 Å². The zero-order chi connectivity index (χ0) is 8.69. The maximum atomic E-state index is 7.13. The lowest BCUT2D eigenvalue weighted by Gasteiger charge is -1.86. The van der Waals surface area contributed by atoms with Gasteiger partial charge in [0, 0.05) is 6.92 Å². The number of nitrogens with zero attached hydrogens (tertiary/aromatic N) is 2. The van der Waals surface area contributed by atoms with Gasteiger partial charge in [0.1, 0.15) is 12.4 Å². The Hall–Kier alpha value is -1.08. The van der Waals surface area contributed by atoms with Crippen LogP contribution in [0.15, 0.2) is 12.4 Å². The van der Waals surface area contributed by atoms with Gasteiger partial charge in [0.05, 0.1) is 6.54 Å². The van der Waals surface area contributed by atoms with Crippen molar-refractivity contribution in [1.29, 1.82) is 5.26 Å². The molecular weight excluding hydrogens is 158 g/mol. The molecule has 3 nitrogen and oxygen atoms in total. The number of aromatic nitrogens is 2. The van der Waals surface area contributed by atoms with E-state index in [1.807, 2.05) is 12.4 Å². The second kappa shape index (κ2) is 5.69. The van der Waals surface area contributed by atoms with Crippen LogP contribution in [0.3, 0.4) is 0 Å². The molecule has 0 aliphatic carbocycles. The summed E-state index contributed by atoms with van der Waals surface area (Å²) in [5.41, 5.74) is 0. The molecule has 1 N–H and O–H groups in total. The van der Waals surface area contributed by atoms with Crippen LogP contribution in [-0.4, -0.2) is 4.98 Å². The fourth-order valence-electron chi connectivity index (χ4n) is 0.785. The van der Waals surface area contributed by atoms with E-state index in [2.05, 4.69) is 36.0 Å². The molecule has 0 fully saturated rings. The molecule has 0 aliphatic rings. The van der Waals surface area contributed by atoms with Crippen molar-refractivity contribution in [3.05, 3.63) is 18.2 Å². The van der Waals surface area contributed by atoms with Crippen LogP contribution < -0.4 is 4.57 Å². The predicted molar refractivity (Wildman–Crippen MR) is 44.4 cm³/mol. The minimum Gasteiger partial charge on any atom is -0.696 e. The smallest absolute Gasteiger partial charge is 0.250 e. The first kappa shape index (κ1) is 9.92. The van der Waals surface area contributed by atoms with Crippen LogP contribution in [-0.2, 0) is 19.2 Å². The third kappa shape index (κ3) is 3.58. The molecule has 1 aromatic rings. The number of H-pyrrole nitrogens is 1. The van der Waals surface area contributed by atoms with Crippen LogP contribution in [0.1, 0.15) is 12.7 Å². The maximum absolute atomic E-state index is 7.13. The van der Waals surface area contributed by atoms with Gasteiger partial charge in [0.2, 0.25) is 0 Å². The van der Waals surface area contributed by atoms with Gasteiger partial charge in [0.15, 0.2) is 0 Å². The molecule has 0 aliphatic heterocycles. The van der Waals surface area contributed by atoms with Crippen molar-refractivity contribution >= 4 is 12.6 Å². The molecule has 1 heterocycles. The quantitative estimate of drug-likeness (QED) is 0.381. The Kier molecular flexibility index (Phi) is 5.13. The molecule has 1 rings (SSSR count). The Morgan fingerprint density at radius 2 is 2.36 bits per heavy atom. The summed E-state index contributed by atoms with van der Waals surface area (Å²) in [5, 5.41) is 8.47. The van der Waals surface area contributed by atoms with Gasteiger partial charge >= 0.3 is 0 Å². The molecule has 0 atom stereocenters. The largest absolute Gasteiger partial charge is 0.696 e. The Morgan fingerprint density at radius 3 is 2.55 bits per heavy atom. The zero-order valence-corrected chi connectivity index (χ0v) is 7.48. The third-order valence-electron chi connectivity index (χ3n) is 1.32. The molecule has 4 heteroatoms. The predicted octanol–water partition coefficient (Wildman–Crippen LogP) is 0.645. The highest BCUT2D eigenvalue weighted by molar-refractivity contribution is 7.64. The molecule has 0 spiro atoms. The van der Waals surface area contributed by atoms with Gasteiger partial charge in [-0.2, -0.15) is 0 Å². The molecule has 0 aromatic carbocycles. The van der Waals surface area contributed by atoms with E-state index in [9.17, 15) is 0 Å².